The SMILES string of the molecule is CCCC(=O)Nc1ccc(CNC(=O)C2(N)CCCCC2)cc1.Cl. The second kappa shape index (κ2) is 9.64. The van der Waals surface area contributed by atoms with Crippen LogP contribution in [0, 0.1) is 0 Å². The summed E-state index contributed by atoms with van der Waals surface area (Å²) in [4.78, 5) is 23.8. The van der Waals surface area contributed by atoms with E-state index in [2.05, 4.69) is 10.6 Å². The fraction of sp³-hybridized carbons (Fsp3) is 0.556. The van der Waals surface area contributed by atoms with Gasteiger partial charge in [0.15, 0.2) is 0 Å². The van der Waals surface area contributed by atoms with E-state index in [-0.39, 0.29) is 24.2 Å². The lowest BCUT2D eigenvalue weighted by Crippen LogP contribution is -2.54. The Morgan fingerprint density at radius 3 is 2.33 bits per heavy atom. The Labute approximate surface area is 150 Å². The van der Waals surface area contributed by atoms with Crippen molar-refractivity contribution in [3.8, 4) is 0 Å². The normalized spacial score (nSPS) is 15.9. The molecule has 6 heteroatoms. The maximum absolute atomic E-state index is 12.3. The van der Waals surface area contributed by atoms with Crippen LogP contribution < -0.4 is 16.4 Å². The summed E-state index contributed by atoms with van der Waals surface area (Å²) in [5.74, 6) is -0.0338. The van der Waals surface area contributed by atoms with Crippen molar-refractivity contribution in [1.29, 1.82) is 0 Å². The van der Waals surface area contributed by atoms with E-state index in [9.17, 15) is 9.59 Å². The number of nitrogens with two attached hydrogens (primary N) is 1. The summed E-state index contributed by atoms with van der Waals surface area (Å²) in [5, 5.41) is 5.78. The number of halogens is 1. The van der Waals surface area contributed by atoms with Gasteiger partial charge in [-0.3, -0.25) is 9.59 Å². The fourth-order valence-electron chi connectivity index (χ4n) is 2.92. The Hall–Kier alpha value is -1.59. The van der Waals surface area contributed by atoms with Gasteiger partial charge in [-0.1, -0.05) is 38.3 Å². The Balaban J connectivity index is 0.00000288. The summed E-state index contributed by atoms with van der Waals surface area (Å²) in [6, 6.07) is 7.53. The third-order valence-electron chi connectivity index (χ3n) is 4.37. The Morgan fingerprint density at radius 1 is 1.12 bits per heavy atom. The lowest BCUT2D eigenvalue weighted by molar-refractivity contribution is -0.127. The molecule has 134 valence electrons. The van der Waals surface area contributed by atoms with E-state index in [1.54, 1.807) is 0 Å². The highest BCUT2D eigenvalue weighted by Gasteiger charge is 2.34. The number of nitrogens with one attached hydrogen (secondary N) is 2. The molecular formula is C18H28ClN3O2. The molecule has 1 aromatic rings. The van der Waals surface area contributed by atoms with Crippen molar-refractivity contribution < 1.29 is 9.59 Å². The first-order valence-corrected chi connectivity index (χ1v) is 8.49. The summed E-state index contributed by atoms with van der Waals surface area (Å²) in [6.45, 7) is 2.43. The van der Waals surface area contributed by atoms with Gasteiger partial charge < -0.3 is 16.4 Å². The van der Waals surface area contributed by atoms with Gasteiger partial charge in [-0.25, -0.2) is 0 Å². The smallest absolute Gasteiger partial charge is 0.240 e. The average molecular weight is 354 g/mol. The van der Waals surface area contributed by atoms with Crippen LogP contribution in [0.1, 0.15) is 57.4 Å². The number of anilines is 1. The van der Waals surface area contributed by atoms with Crippen LogP contribution >= 0.6 is 12.4 Å². The molecule has 24 heavy (non-hydrogen) atoms. The molecule has 0 aromatic heterocycles. The summed E-state index contributed by atoms with van der Waals surface area (Å²) >= 11 is 0. The Morgan fingerprint density at radius 2 is 1.75 bits per heavy atom. The van der Waals surface area contributed by atoms with Gasteiger partial charge in [0.25, 0.3) is 0 Å². The average Bonchev–Trinajstić information content (AvgIpc) is 2.55. The summed E-state index contributed by atoms with van der Waals surface area (Å²) in [6.07, 6.45) is 6.10. The molecule has 4 N–H and O–H groups in total. The van der Waals surface area contributed by atoms with Gasteiger partial charge in [0.1, 0.15) is 0 Å². The third-order valence-corrected chi connectivity index (χ3v) is 4.37. The van der Waals surface area contributed by atoms with Crippen LogP contribution in [0.5, 0.6) is 0 Å². The first-order chi connectivity index (χ1) is 11.0. The second-order valence-electron chi connectivity index (χ2n) is 6.39. The zero-order chi connectivity index (χ0) is 16.7. The lowest BCUT2D eigenvalue weighted by atomic mass is 9.82. The van der Waals surface area contributed by atoms with Gasteiger partial charge in [0.05, 0.1) is 5.54 Å². The predicted octanol–water partition coefficient (Wildman–Crippen LogP) is 3.12. The first-order valence-electron chi connectivity index (χ1n) is 8.49. The monoisotopic (exact) mass is 353 g/mol. The molecule has 1 aliphatic rings. The molecule has 0 bridgehead atoms. The molecular weight excluding hydrogens is 326 g/mol. The fourth-order valence-corrected chi connectivity index (χ4v) is 2.92. The highest BCUT2D eigenvalue weighted by Crippen LogP contribution is 2.26. The quantitative estimate of drug-likeness (QED) is 0.734. The van der Waals surface area contributed by atoms with E-state index in [4.69, 9.17) is 5.73 Å². The Bertz CT molecular complexity index is 540. The molecule has 5 nitrogen and oxygen atoms in total. The molecule has 0 saturated heterocycles. The third kappa shape index (κ3) is 5.80. The van der Waals surface area contributed by atoms with Gasteiger partial charge in [-0.05, 0) is 37.0 Å². The number of benzene rings is 1. The molecule has 0 radical (unpaired) electrons. The zero-order valence-electron chi connectivity index (χ0n) is 14.3. The number of carbonyl (C=O) groups excluding carboxylic acids is 2. The van der Waals surface area contributed by atoms with E-state index in [1.165, 1.54) is 0 Å². The van der Waals surface area contributed by atoms with Crippen molar-refractivity contribution in [2.75, 3.05) is 5.32 Å². The van der Waals surface area contributed by atoms with Crippen molar-refractivity contribution in [3.63, 3.8) is 0 Å². The van der Waals surface area contributed by atoms with Crippen molar-refractivity contribution >= 4 is 29.9 Å². The van der Waals surface area contributed by atoms with Gasteiger partial charge in [-0.15, -0.1) is 12.4 Å². The molecule has 2 amide bonds. The summed E-state index contributed by atoms with van der Waals surface area (Å²) in [7, 11) is 0. The number of rotatable bonds is 6. The topological polar surface area (TPSA) is 84.2 Å². The van der Waals surface area contributed by atoms with Gasteiger partial charge in [-0.2, -0.15) is 0 Å². The minimum Gasteiger partial charge on any atom is -0.350 e. The maximum Gasteiger partial charge on any atom is 0.240 e. The minimum absolute atomic E-state index is 0. The first kappa shape index (κ1) is 20.5. The molecule has 0 atom stereocenters. The van der Waals surface area contributed by atoms with Crippen LogP contribution in [0.2, 0.25) is 0 Å². The number of hydrogen-bond donors (Lipinski definition) is 3. The molecule has 1 fully saturated rings. The van der Waals surface area contributed by atoms with Crippen molar-refractivity contribution in [2.45, 2.75) is 64.0 Å². The number of carbonyl (C=O) groups is 2. The number of hydrogen-bond acceptors (Lipinski definition) is 3. The van der Waals surface area contributed by atoms with Crippen molar-refractivity contribution in [1.82, 2.24) is 5.32 Å². The second-order valence-corrected chi connectivity index (χ2v) is 6.39. The van der Waals surface area contributed by atoms with E-state index in [1.807, 2.05) is 31.2 Å². The van der Waals surface area contributed by atoms with Crippen LogP contribution in [0.3, 0.4) is 0 Å². The summed E-state index contributed by atoms with van der Waals surface area (Å²) < 4.78 is 0. The predicted molar refractivity (Wildman–Crippen MR) is 99.1 cm³/mol. The highest BCUT2D eigenvalue weighted by molar-refractivity contribution is 5.90. The van der Waals surface area contributed by atoms with E-state index in [0.29, 0.717) is 13.0 Å². The maximum atomic E-state index is 12.3. The van der Waals surface area contributed by atoms with Gasteiger partial charge >= 0.3 is 0 Å². The molecule has 0 heterocycles. The van der Waals surface area contributed by atoms with Crippen LogP contribution in [0.25, 0.3) is 0 Å². The van der Waals surface area contributed by atoms with E-state index >= 15 is 0 Å². The molecule has 0 spiro atoms. The van der Waals surface area contributed by atoms with E-state index < -0.39 is 5.54 Å². The molecule has 2 rings (SSSR count). The van der Waals surface area contributed by atoms with Crippen LogP contribution in [0.4, 0.5) is 5.69 Å². The van der Waals surface area contributed by atoms with Gasteiger partial charge in [0.2, 0.25) is 11.8 Å². The number of amides is 2. The minimum atomic E-state index is -0.702. The molecule has 1 saturated carbocycles. The standard InChI is InChI=1S/C18H27N3O2.ClH/c1-2-6-16(22)21-15-9-7-14(8-10-15)13-20-17(23)18(19)11-4-3-5-12-18;/h7-10H,2-6,11-13,19H2,1H3,(H,20,23)(H,21,22);1H. The van der Waals surface area contributed by atoms with Crippen molar-refractivity contribution in [2.24, 2.45) is 5.73 Å². The van der Waals surface area contributed by atoms with Gasteiger partial charge in [0, 0.05) is 18.7 Å². The molecule has 1 aliphatic carbocycles. The van der Waals surface area contributed by atoms with Crippen LogP contribution in [-0.4, -0.2) is 17.4 Å². The summed E-state index contributed by atoms with van der Waals surface area (Å²) in [5.41, 5.74) is 7.28. The molecule has 0 aliphatic heterocycles. The lowest BCUT2D eigenvalue weighted by Gasteiger charge is -2.31. The largest absolute Gasteiger partial charge is 0.350 e. The molecule has 1 aromatic carbocycles. The van der Waals surface area contributed by atoms with Crippen LogP contribution in [0.15, 0.2) is 24.3 Å². The highest BCUT2D eigenvalue weighted by atomic mass is 35.5. The van der Waals surface area contributed by atoms with E-state index in [0.717, 1.165) is 49.8 Å². The van der Waals surface area contributed by atoms with Crippen molar-refractivity contribution in [3.05, 3.63) is 29.8 Å². The zero-order valence-corrected chi connectivity index (χ0v) is 15.1. The Kier molecular flexibility index (Phi) is 8.22. The van der Waals surface area contributed by atoms with Crippen LogP contribution in [-0.2, 0) is 16.1 Å². The molecule has 0 unspecified atom stereocenters.